The largest absolute Gasteiger partial charge is 0.456 e. The van der Waals surface area contributed by atoms with Gasteiger partial charge in [0.05, 0.1) is 17.5 Å². The lowest BCUT2D eigenvalue weighted by Crippen LogP contribution is -2.52. The number of hydrogen-bond donors (Lipinski definition) is 1. The zero-order valence-electron chi connectivity index (χ0n) is 12.7. The second-order valence-electron chi connectivity index (χ2n) is 6.23. The number of hydrogen-bond acceptors (Lipinski definition) is 5. The minimum Gasteiger partial charge on any atom is -0.456 e. The van der Waals surface area contributed by atoms with Gasteiger partial charge in [-0.25, -0.2) is 8.42 Å². The van der Waals surface area contributed by atoms with E-state index in [-0.39, 0.29) is 35.3 Å². The van der Waals surface area contributed by atoms with Crippen LogP contribution in [0.1, 0.15) is 35.6 Å². The SMILES string of the molecule is Cc1ccc(C(=O)NC2CS(=O)(=O)CC2N2CCCCC2)o1. The molecule has 2 aliphatic heterocycles. The summed E-state index contributed by atoms with van der Waals surface area (Å²) >= 11 is 0. The van der Waals surface area contributed by atoms with Gasteiger partial charge in [-0.15, -0.1) is 0 Å². The van der Waals surface area contributed by atoms with Gasteiger partial charge in [-0.05, 0) is 45.0 Å². The van der Waals surface area contributed by atoms with Crippen molar-refractivity contribution in [3.8, 4) is 0 Å². The normalized spacial score (nSPS) is 28.6. The molecule has 1 amide bonds. The van der Waals surface area contributed by atoms with Gasteiger partial charge in [0.1, 0.15) is 5.76 Å². The van der Waals surface area contributed by atoms with E-state index in [1.54, 1.807) is 19.1 Å². The molecule has 22 heavy (non-hydrogen) atoms. The van der Waals surface area contributed by atoms with Crippen molar-refractivity contribution in [1.29, 1.82) is 0 Å². The number of furan rings is 1. The van der Waals surface area contributed by atoms with Gasteiger partial charge in [-0.2, -0.15) is 0 Å². The topological polar surface area (TPSA) is 79.6 Å². The van der Waals surface area contributed by atoms with Crippen LogP contribution in [0.25, 0.3) is 0 Å². The van der Waals surface area contributed by atoms with Gasteiger partial charge in [0.15, 0.2) is 15.6 Å². The maximum absolute atomic E-state index is 12.2. The number of carbonyl (C=O) groups excluding carboxylic acids is 1. The monoisotopic (exact) mass is 326 g/mol. The highest BCUT2D eigenvalue weighted by Gasteiger charge is 2.42. The predicted octanol–water partition coefficient (Wildman–Crippen LogP) is 0.969. The fraction of sp³-hybridized carbons (Fsp3) is 0.667. The van der Waals surface area contributed by atoms with E-state index in [0.29, 0.717) is 5.76 Å². The molecule has 0 aromatic carbocycles. The third-order valence-electron chi connectivity index (χ3n) is 4.46. The molecular formula is C15H22N2O4S. The van der Waals surface area contributed by atoms with Gasteiger partial charge < -0.3 is 9.73 Å². The van der Waals surface area contributed by atoms with Gasteiger partial charge in [0.2, 0.25) is 0 Å². The maximum Gasteiger partial charge on any atom is 0.287 e. The minimum atomic E-state index is -3.10. The van der Waals surface area contributed by atoms with Crippen molar-refractivity contribution < 1.29 is 17.6 Å². The van der Waals surface area contributed by atoms with Crippen LogP contribution in [-0.2, 0) is 9.84 Å². The summed E-state index contributed by atoms with van der Waals surface area (Å²) in [6.45, 7) is 3.59. The molecule has 0 bridgehead atoms. The van der Waals surface area contributed by atoms with Crippen molar-refractivity contribution in [1.82, 2.24) is 10.2 Å². The molecule has 2 aliphatic rings. The van der Waals surface area contributed by atoms with Crippen molar-refractivity contribution in [2.24, 2.45) is 0 Å². The summed E-state index contributed by atoms with van der Waals surface area (Å²) in [5.74, 6) is 0.711. The third-order valence-corrected chi connectivity index (χ3v) is 6.18. The second-order valence-corrected chi connectivity index (χ2v) is 8.38. The highest BCUT2D eigenvalue weighted by Crippen LogP contribution is 2.22. The summed E-state index contributed by atoms with van der Waals surface area (Å²) < 4.78 is 29.3. The Morgan fingerprint density at radius 2 is 1.95 bits per heavy atom. The van der Waals surface area contributed by atoms with E-state index >= 15 is 0 Å². The first-order chi connectivity index (χ1) is 10.4. The van der Waals surface area contributed by atoms with Crippen molar-refractivity contribution in [3.63, 3.8) is 0 Å². The van der Waals surface area contributed by atoms with Crippen LogP contribution in [-0.4, -0.2) is 55.9 Å². The molecule has 0 spiro atoms. The van der Waals surface area contributed by atoms with Crippen molar-refractivity contribution >= 4 is 15.7 Å². The number of sulfone groups is 1. The minimum absolute atomic E-state index is 0.0135. The highest BCUT2D eigenvalue weighted by molar-refractivity contribution is 7.91. The Hall–Kier alpha value is -1.34. The third kappa shape index (κ3) is 3.35. The Morgan fingerprint density at radius 1 is 1.23 bits per heavy atom. The first kappa shape index (κ1) is 15.6. The lowest BCUT2D eigenvalue weighted by molar-refractivity contribution is 0.0871. The molecule has 0 radical (unpaired) electrons. The Kier molecular flexibility index (Phi) is 4.27. The average Bonchev–Trinajstić information content (AvgIpc) is 3.03. The van der Waals surface area contributed by atoms with Crippen LogP contribution in [0.15, 0.2) is 16.5 Å². The first-order valence-corrected chi connectivity index (χ1v) is 9.58. The molecule has 7 heteroatoms. The Balaban J connectivity index is 1.73. The lowest BCUT2D eigenvalue weighted by atomic mass is 10.0. The summed E-state index contributed by atoms with van der Waals surface area (Å²) in [5, 5.41) is 2.86. The number of amides is 1. The van der Waals surface area contributed by atoms with Crippen molar-refractivity contribution in [3.05, 3.63) is 23.7 Å². The number of nitrogens with one attached hydrogen (secondary N) is 1. The molecule has 3 heterocycles. The van der Waals surface area contributed by atoms with E-state index in [2.05, 4.69) is 10.2 Å². The number of piperidine rings is 1. The Bertz CT molecular complexity index is 646. The number of likely N-dealkylation sites (tertiary alicyclic amines) is 1. The van der Waals surface area contributed by atoms with E-state index < -0.39 is 9.84 Å². The van der Waals surface area contributed by atoms with Crippen LogP contribution in [0.3, 0.4) is 0 Å². The molecule has 2 atom stereocenters. The summed E-state index contributed by atoms with van der Waals surface area (Å²) in [5.41, 5.74) is 0. The molecule has 1 aromatic heterocycles. The van der Waals surface area contributed by atoms with E-state index in [0.717, 1.165) is 25.9 Å². The van der Waals surface area contributed by atoms with E-state index in [9.17, 15) is 13.2 Å². The van der Waals surface area contributed by atoms with E-state index in [1.165, 1.54) is 6.42 Å². The van der Waals surface area contributed by atoms with Gasteiger partial charge in [-0.3, -0.25) is 9.69 Å². The molecule has 1 aromatic rings. The van der Waals surface area contributed by atoms with Crippen molar-refractivity contribution in [2.45, 2.75) is 38.3 Å². The molecule has 0 saturated carbocycles. The van der Waals surface area contributed by atoms with E-state index in [1.807, 2.05) is 0 Å². The molecule has 3 rings (SSSR count). The van der Waals surface area contributed by atoms with Crippen LogP contribution in [0.2, 0.25) is 0 Å². The van der Waals surface area contributed by atoms with Crippen molar-refractivity contribution in [2.75, 3.05) is 24.6 Å². The predicted molar refractivity (Wildman–Crippen MR) is 82.6 cm³/mol. The van der Waals surface area contributed by atoms with Gasteiger partial charge in [-0.1, -0.05) is 6.42 Å². The quantitative estimate of drug-likeness (QED) is 0.895. The number of aryl methyl sites for hydroxylation is 1. The highest BCUT2D eigenvalue weighted by atomic mass is 32.2. The molecule has 2 saturated heterocycles. The van der Waals surface area contributed by atoms with Crippen LogP contribution in [0.5, 0.6) is 0 Å². The standard InChI is InChI=1S/C15H22N2O4S/c1-11-5-6-14(21-11)15(18)16-12-9-22(19,20)10-13(12)17-7-3-2-4-8-17/h5-6,12-13H,2-4,7-10H2,1H3,(H,16,18). The zero-order valence-corrected chi connectivity index (χ0v) is 13.6. The maximum atomic E-state index is 12.2. The zero-order chi connectivity index (χ0) is 15.7. The van der Waals surface area contributed by atoms with Crippen LogP contribution >= 0.6 is 0 Å². The molecule has 122 valence electrons. The Labute approximate surface area is 130 Å². The van der Waals surface area contributed by atoms with Gasteiger partial charge >= 0.3 is 0 Å². The summed E-state index contributed by atoms with van der Waals surface area (Å²) in [4.78, 5) is 14.4. The fourth-order valence-corrected chi connectivity index (χ4v) is 5.33. The number of nitrogens with zero attached hydrogens (tertiary/aromatic N) is 1. The number of carbonyl (C=O) groups is 1. The van der Waals surface area contributed by atoms with Gasteiger partial charge in [0, 0.05) is 6.04 Å². The molecule has 2 unspecified atom stereocenters. The lowest BCUT2D eigenvalue weighted by Gasteiger charge is -2.34. The Morgan fingerprint density at radius 3 is 2.59 bits per heavy atom. The number of rotatable bonds is 3. The average molecular weight is 326 g/mol. The second kappa shape index (κ2) is 6.04. The fourth-order valence-electron chi connectivity index (χ4n) is 3.37. The smallest absolute Gasteiger partial charge is 0.287 e. The molecule has 6 nitrogen and oxygen atoms in total. The molecular weight excluding hydrogens is 304 g/mol. The van der Waals surface area contributed by atoms with Gasteiger partial charge in [0.25, 0.3) is 5.91 Å². The van der Waals surface area contributed by atoms with Crippen LogP contribution < -0.4 is 5.32 Å². The molecule has 1 N–H and O–H groups in total. The summed E-state index contributed by atoms with van der Waals surface area (Å²) in [6, 6.07) is 2.86. The van der Waals surface area contributed by atoms with E-state index in [4.69, 9.17) is 4.42 Å². The molecule has 2 fully saturated rings. The van der Waals surface area contributed by atoms with Crippen LogP contribution in [0.4, 0.5) is 0 Å². The summed E-state index contributed by atoms with van der Waals surface area (Å²) in [7, 11) is -3.10. The first-order valence-electron chi connectivity index (χ1n) is 7.76. The van der Waals surface area contributed by atoms with Crippen LogP contribution in [0, 0.1) is 6.92 Å². The summed E-state index contributed by atoms with van der Waals surface area (Å²) in [6.07, 6.45) is 3.38. The molecule has 0 aliphatic carbocycles.